The lowest BCUT2D eigenvalue weighted by atomic mass is 10.1. The number of benzene rings is 3. The molecule has 2 amide bonds. The number of aromatic nitrogens is 1. The van der Waals surface area contributed by atoms with Crippen molar-refractivity contribution in [2.24, 2.45) is 0 Å². The first-order valence-electron chi connectivity index (χ1n) is 12.5. The Labute approximate surface area is 231 Å². The molecule has 0 saturated heterocycles. The second-order valence-corrected chi connectivity index (χ2v) is 9.92. The number of amides is 2. The fourth-order valence-corrected chi connectivity index (χ4v) is 4.76. The largest absolute Gasteiger partial charge is 0.497 e. The summed E-state index contributed by atoms with van der Waals surface area (Å²) in [6.45, 7) is 1.54. The molecule has 0 radical (unpaired) electrons. The highest BCUT2D eigenvalue weighted by atomic mass is 79.9. The number of nitrogens with zero attached hydrogens (tertiary/aromatic N) is 2. The summed E-state index contributed by atoms with van der Waals surface area (Å²) in [5, 5.41) is 1.15. The van der Waals surface area contributed by atoms with Gasteiger partial charge in [-0.25, -0.2) is 0 Å². The fourth-order valence-electron chi connectivity index (χ4n) is 4.36. The molecule has 0 spiro atoms. The number of fused-ring (bicyclic) bond motifs is 1. The lowest BCUT2D eigenvalue weighted by molar-refractivity contribution is -0.132. The number of H-pyrrole nitrogens is 1. The number of halogens is 1. The van der Waals surface area contributed by atoms with Crippen LogP contribution in [0.15, 0.2) is 83.5 Å². The standard InChI is InChI=1S/C30H32BrN3O4/c1-37-17-16-34(30(36)23-6-5-7-25(31)18-23)21-29(35)33(20-22-10-12-26(38-2)13-11-22)15-14-24-19-32-28-9-4-3-8-27(24)28/h3-13,18-19,32H,14-17,20-21H2,1-2H3. The highest BCUT2D eigenvalue weighted by Gasteiger charge is 2.23. The van der Waals surface area contributed by atoms with E-state index in [9.17, 15) is 9.59 Å². The molecule has 4 rings (SSSR count). The maximum absolute atomic E-state index is 13.7. The van der Waals surface area contributed by atoms with Crippen LogP contribution in [-0.2, 0) is 22.5 Å². The maximum Gasteiger partial charge on any atom is 0.254 e. The van der Waals surface area contributed by atoms with Crippen molar-refractivity contribution in [2.45, 2.75) is 13.0 Å². The number of ether oxygens (including phenoxy) is 2. The predicted molar refractivity (Wildman–Crippen MR) is 152 cm³/mol. The van der Waals surface area contributed by atoms with E-state index in [1.165, 1.54) is 0 Å². The van der Waals surface area contributed by atoms with Crippen LogP contribution in [0.25, 0.3) is 10.9 Å². The molecule has 0 saturated carbocycles. The first-order chi connectivity index (χ1) is 18.5. The Hall–Kier alpha value is -3.62. The minimum atomic E-state index is -0.210. The summed E-state index contributed by atoms with van der Waals surface area (Å²) < 4.78 is 11.3. The normalized spacial score (nSPS) is 10.9. The third kappa shape index (κ3) is 7.02. The van der Waals surface area contributed by atoms with Crippen molar-refractivity contribution in [1.29, 1.82) is 0 Å². The van der Waals surface area contributed by atoms with E-state index in [1.807, 2.05) is 65.7 Å². The summed E-state index contributed by atoms with van der Waals surface area (Å²) >= 11 is 3.43. The van der Waals surface area contributed by atoms with Crippen LogP contribution in [0.2, 0.25) is 0 Å². The van der Waals surface area contributed by atoms with Crippen LogP contribution in [-0.4, -0.2) is 67.1 Å². The van der Waals surface area contributed by atoms with Crippen LogP contribution >= 0.6 is 15.9 Å². The molecule has 198 valence electrons. The van der Waals surface area contributed by atoms with Crippen LogP contribution in [0.5, 0.6) is 5.75 Å². The molecular formula is C30H32BrN3O4. The smallest absolute Gasteiger partial charge is 0.254 e. The van der Waals surface area contributed by atoms with Crippen molar-refractivity contribution in [3.8, 4) is 5.75 Å². The van der Waals surface area contributed by atoms with Crippen molar-refractivity contribution in [3.05, 3.63) is 100 Å². The summed E-state index contributed by atoms with van der Waals surface area (Å²) in [4.78, 5) is 33.7. The number of carbonyl (C=O) groups excluding carboxylic acids is 2. The van der Waals surface area contributed by atoms with E-state index in [-0.39, 0.29) is 18.4 Å². The van der Waals surface area contributed by atoms with Crippen LogP contribution in [0.4, 0.5) is 0 Å². The van der Waals surface area contributed by atoms with Gasteiger partial charge in [-0.2, -0.15) is 0 Å². The summed E-state index contributed by atoms with van der Waals surface area (Å²) in [6, 6.07) is 23.0. The van der Waals surface area contributed by atoms with E-state index in [2.05, 4.69) is 27.0 Å². The predicted octanol–water partition coefficient (Wildman–Crippen LogP) is 5.30. The minimum absolute atomic E-state index is 0.0429. The zero-order chi connectivity index (χ0) is 26.9. The quantitative estimate of drug-likeness (QED) is 0.248. The van der Waals surface area contributed by atoms with Gasteiger partial charge in [0.05, 0.1) is 13.7 Å². The number of nitrogens with one attached hydrogen (secondary N) is 1. The van der Waals surface area contributed by atoms with E-state index in [0.717, 1.165) is 32.3 Å². The minimum Gasteiger partial charge on any atom is -0.497 e. The van der Waals surface area contributed by atoms with E-state index in [4.69, 9.17) is 9.47 Å². The van der Waals surface area contributed by atoms with Crippen molar-refractivity contribution >= 4 is 38.6 Å². The molecule has 1 heterocycles. The van der Waals surface area contributed by atoms with E-state index in [1.54, 1.807) is 31.3 Å². The van der Waals surface area contributed by atoms with Crippen molar-refractivity contribution in [1.82, 2.24) is 14.8 Å². The molecule has 0 aliphatic rings. The van der Waals surface area contributed by atoms with E-state index < -0.39 is 0 Å². The molecule has 38 heavy (non-hydrogen) atoms. The van der Waals surface area contributed by atoms with Crippen LogP contribution in [0.1, 0.15) is 21.5 Å². The van der Waals surface area contributed by atoms with E-state index in [0.29, 0.717) is 38.2 Å². The number of aromatic amines is 1. The Morgan fingerprint density at radius 2 is 1.71 bits per heavy atom. The second kappa shape index (κ2) is 13.3. The molecule has 1 N–H and O–H groups in total. The van der Waals surface area contributed by atoms with Crippen molar-refractivity contribution < 1.29 is 19.1 Å². The van der Waals surface area contributed by atoms with Crippen LogP contribution < -0.4 is 4.74 Å². The highest BCUT2D eigenvalue weighted by Crippen LogP contribution is 2.20. The van der Waals surface area contributed by atoms with Gasteiger partial charge in [-0.1, -0.05) is 52.3 Å². The molecule has 8 heteroatoms. The Morgan fingerprint density at radius 1 is 0.921 bits per heavy atom. The summed E-state index contributed by atoms with van der Waals surface area (Å²) in [7, 11) is 3.21. The molecule has 1 aromatic heterocycles. The lowest BCUT2D eigenvalue weighted by Gasteiger charge is -2.28. The number of methoxy groups -OCH3 is 2. The van der Waals surface area contributed by atoms with Crippen LogP contribution in [0, 0.1) is 0 Å². The van der Waals surface area contributed by atoms with Crippen molar-refractivity contribution in [2.75, 3.05) is 40.5 Å². The monoisotopic (exact) mass is 577 g/mol. The molecular weight excluding hydrogens is 546 g/mol. The van der Waals surface area contributed by atoms with E-state index >= 15 is 0 Å². The number of hydrogen-bond donors (Lipinski definition) is 1. The Bertz CT molecular complexity index is 1370. The number of rotatable bonds is 12. The Balaban J connectivity index is 1.54. The average Bonchev–Trinajstić information content (AvgIpc) is 3.36. The van der Waals surface area contributed by atoms with Crippen LogP contribution in [0.3, 0.4) is 0 Å². The lowest BCUT2D eigenvalue weighted by Crippen LogP contribution is -2.44. The molecule has 3 aromatic carbocycles. The van der Waals surface area contributed by atoms with Gasteiger partial charge in [0.2, 0.25) is 5.91 Å². The topological polar surface area (TPSA) is 74.9 Å². The number of para-hydroxylation sites is 1. The highest BCUT2D eigenvalue weighted by molar-refractivity contribution is 9.10. The first kappa shape index (κ1) is 27.4. The third-order valence-electron chi connectivity index (χ3n) is 6.46. The van der Waals surface area contributed by atoms with Gasteiger partial charge in [0.1, 0.15) is 12.3 Å². The molecule has 0 fully saturated rings. The fraction of sp³-hybridized carbons (Fsp3) is 0.267. The Kier molecular flexibility index (Phi) is 9.56. The molecule has 0 aliphatic carbocycles. The van der Waals surface area contributed by atoms with Gasteiger partial charge >= 0.3 is 0 Å². The van der Waals surface area contributed by atoms with Crippen molar-refractivity contribution in [3.63, 3.8) is 0 Å². The summed E-state index contributed by atoms with van der Waals surface area (Å²) in [5.41, 5.74) is 3.72. The van der Waals surface area contributed by atoms with Gasteiger partial charge in [-0.05, 0) is 53.9 Å². The first-order valence-corrected chi connectivity index (χ1v) is 13.3. The van der Waals surface area contributed by atoms with Gasteiger partial charge in [0.25, 0.3) is 5.91 Å². The average molecular weight is 579 g/mol. The molecule has 4 aromatic rings. The summed E-state index contributed by atoms with van der Waals surface area (Å²) in [6.07, 6.45) is 2.69. The molecule has 0 unspecified atom stereocenters. The van der Waals surface area contributed by atoms with Gasteiger partial charge < -0.3 is 24.3 Å². The zero-order valence-electron chi connectivity index (χ0n) is 21.7. The third-order valence-corrected chi connectivity index (χ3v) is 6.95. The maximum atomic E-state index is 13.7. The van der Waals surface area contributed by atoms with Gasteiger partial charge in [-0.3, -0.25) is 9.59 Å². The Morgan fingerprint density at radius 3 is 2.45 bits per heavy atom. The second-order valence-electron chi connectivity index (χ2n) is 9.00. The molecule has 0 atom stereocenters. The summed E-state index contributed by atoms with van der Waals surface area (Å²) in [5.74, 6) is 0.425. The molecule has 7 nitrogen and oxygen atoms in total. The molecule has 0 bridgehead atoms. The van der Waals surface area contributed by atoms with Gasteiger partial charge in [0, 0.05) is 53.9 Å². The number of hydrogen-bond acceptors (Lipinski definition) is 4. The SMILES string of the molecule is COCCN(CC(=O)N(CCc1c[nH]c2ccccc12)Cc1ccc(OC)cc1)C(=O)c1cccc(Br)c1. The number of carbonyl (C=O) groups is 2. The molecule has 0 aliphatic heterocycles. The van der Waals surface area contributed by atoms with Gasteiger partial charge in [-0.15, -0.1) is 0 Å². The van der Waals surface area contributed by atoms with Gasteiger partial charge in [0.15, 0.2) is 0 Å². The zero-order valence-corrected chi connectivity index (χ0v) is 23.2.